The molecule has 0 unspecified atom stereocenters. The van der Waals surface area contributed by atoms with E-state index in [9.17, 15) is 0 Å². The van der Waals surface area contributed by atoms with Crippen LogP contribution in [0.5, 0.6) is 0 Å². The van der Waals surface area contributed by atoms with E-state index in [1.807, 2.05) is 24.3 Å². The van der Waals surface area contributed by atoms with Gasteiger partial charge in [-0.1, -0.05) is 0 Å². The monoisotopic (exact) mass is 225 g/mol. The minimum atomic E-state index is 0.738. The van der Waals surface area contributed by atoms with Crippen molar-refractivity contribution in [3.8, 4) is 0 Å². The van der Waals surface area contributed by atoms with Crippen LogP contribution in [0.4, 0.5) is 5.69 Å². The molecule has 1 N–H and O–H groups in total. The van der Waals surface area contributed by atoms with E-state index in [-0.39, 0.29) is 0 Å². The predicted octanol–water partition coefficient (Wildman–Crippen LogP) is 2.83. The van der Waals surface area contributed by atoms with Gasteiger partial charge in [0.1, 0.15) is 0 Å². The summed E-state index contributed by atoms with van der Waals surface area (Å²) in [7, 11) is 0. The van der Waals surface area contributed by atoms with Crippen LogP contribution in [0.1, 0.15) is 5.56 Å². The third-order valence-corrected chi connectivity index (χ3v) is 2.55. The Bertz CT molecular complexity index is 619. The van der Waals surface area contributed by atoms with Gasteiger partial charge in [-0.3, -0.25) is 9.97 Å². The van der Waals surface area contributed by atoms with Crippen molar-refractivity contribution < 1.29 is 4.42 Å². The van der Waals surface area contributed by atoms with Crippen LogP contribution in [0.2, 0.25) is 0 Å². The average Bonchev–Trinajstić information content (AvgIpc) is 2.89. The molecule has 4 nitrogen and oxygen atoms in total. The molecule has 0 saturated carbocycles. The van der Waals surface area contributed by atoms with Gasteiger partial charge in [0.2, 0.25) is 0 Å². The lowest BCUT2D eigenvalue weighted by Crippen LogP contribution is -1.98. The van der Waals surface area contributed by atoms with Gasteiger partial charge in [-0.2, -0.15) is 0 Å². The molecule has 4 heteroatoms. The highest BCUT2D eigenvalue weighted by atomic mass is 16.3. The molecule has 2 aromatic heterocycles. The Morgan fingerprint density at radius 2 is 1.94 bits per heavy atom. The number of rotatable bonds is 3. The van der Waals surface area contributed by atoms with Crippen molar-refractivity contribution in [3.63, 3.8) is 0 Å². The smallest absolute Gasteiger partial charge is 0.0952 e. The molecule has 17 heavy (non-hydrogen) atoms. The number of aromatic nitrogens is 2. The van der Waals surface area contributed by atoms with E-state index in [1.165, 1.54) is 0 Å². The Morgan fingerprint density at radius 1 is 1.06 bits per heavy atom. The van der Waals surface area contributed by atoms with Gasteiger partial charge >= 0.3 is 0 Å². The van der Waals surface area contributed by atoms with Gasteiger partial charge in [0.25, 0.3) is 0 Å². The maximum Gasteiger partial charge on any atom is 0.0952 e. The summed E-state index contributed by atoms with van der Waals surface area (Å²) in [5, 5.41) is 3.31. The van der Waals surface area contributed by atoms with Crippen LogP contribution in [0, 0.1) is 0 Å². The van der Waals surface area contributed by atoms with Crippen LogP contribution in [-0.2, 0) is 6.54 Å². The first kappa shape index (κ1) is 9.84. The molecule has 0 aliphatic heterocycles. The highest BCUT2D eigenvalue weighted by Gasteiger charge is 1.98. The van der Waals surface area contributed by atoms with E-state index in [1.54, 1.807) is 24.9 Å². The standard InChI is InChI=1S/C13H11N3O/c1-2-12-13(15-5-4-14-12)7-11(1)16-8-10-3-6-17-9-10/h1-7,9,16H,8H2. The summed E-state index contributed by atoms with van der Waals surface area (Å²) in [6.07, 6.45) is 6.79. The number of fused-ring (bicyclic) bond motifs is 1. The van der Waals surface area contributed by atoms with Crippen molar-refractivity contribution in [2.45, 2.75) is 6.54 Å². The van der Waals surface area contributed by atoms with Crippen LogP contribution in [0.3, 0.4) is 0 Å². The zero-order chi connectivity index (χ0) is 11.5. The summed E-state index contributed by atoms with van der Waals surface area (Å²) >= 11 is 0. The van der Waals surface area contributed by atoms with Crippen LogP contribution in [-0.4, -0.2) is 9.97 Å². The van der Waals surface area contributed by atoms with E-state index in [0.717, 1.165) is 28.8 Å². The largest absolute Gasteiger partial charge is 0.472 e. The second-order valence-corrected chi connectivity index (χ2v) is 3.74. The second-order valence-electron chi connectivity index (χ2n) is 3.74. The number of hydrogen-bond donors (Lipinski definition) is 1. The molecule has 0 saturated heterocycles. The van der Waals surface area contributed by atoms with Gasteiger partial charge in [0.15, 0.2) is 0 Å². The van der Waals surface area contributed by atoms with Crippen molar-refractivity contribution in [3.05, 3.63) is 54.7 Å². The number of nitrogens with zero attached hydrogens (tertiary/aromatic N) is 2. The molecule has 3 rings (SSSR count). The molecule has 0 bridgehead atoms. The maximum atomic E-state index is 5.01. The molecule has 0 radical (unpaired) electrons. The van der Waals surface area contributed by atoms with Crippen LogP contribution < -0.4 is 5.32 Å². The molecule has 0 aliphatic carbocycles. The van der Waals surface area contributed by atoms with Crippen molar-refractivity contribution >= 4 is 16.7 Å². The third kappa shape index (κ3) is 2.10. The van der Waals surface area contributed by atoms with Crippen molar-refractivity contribution in [1.82, 2.24) is 9.97 Å². The molecular formula is C13H11N3O. The molecule has 2 heterocycles. The summed E-state index contributed by atoms with van der Waals surface area (Å²) < 4.78 is 5.01. The minimum Gasteiger partial charge on any atom is -0.472 e. The van der Waals surface area contributed by atoms with Gasteiger partial charge in [0, 0.05) is 30.2 Å². The molecule has 0 spiro atoms. The minimum absolute atomic E-state index is 0.738. The third-order valence-electron chi connectivity index (χ3n) is 2.55. The lowest BCUT2D eigenvalue weighted by molar-refractivity contribution is 0.564. The SMILES string of the molecule is c1cnc2cc(NCc3ccoc3)ccc2n1. The van der Waals surface area contributed by atoms with Crippen molar-refractivity contribution in [2.24, 2.45) is 0 Å². The molecule has 1 aromatic carbocycles. The van der Waals surface area contributed by atoms with E-state index in [0.29, 0.717) is 0 Å². The first-order valence-corrected chi connectivity index (χ1v) is 5.37. The fraction of sp³-hybridized carbons (Fsp3) is 0.0769. The Morgan fingerprint density at radius 3 is 2.76 bits per heavy atom. The first-order chi connectivity index (χ1) is 8.42. The lowest BCUT2D eigenvalue weighted by atomic mass is 10.2. The number of hydrogen-bond acceptors (Lipinski definition) is 4. The van der Waals surface area contributed by atoms with Crippen molar-refractivity contribution in [2.75, 3.05) is 5.32 Å². The summed E-state index contributed by atoms with van der Waals surface area (Å²) in [5.74, 6) is 0. The predicted molar refractivity (Wildman–Crippen MR) is 65.6 cm³/mol. The van der Waals surface area contributed by atoms with Crippen LogP contribution >= 0.6 is 0 Å². The fourth-order valence-electron chi connectivity index (χ4n) is 1.67. The molecule has 3 aromatic rings. The average molecular weight is 225 g/mol. The Labute approximate surface area is 98.3 Å². The molecule has 0 aliphatic rings. The van der Waals surface area contributed by atoms with Gasteiger partial charge in [-0.15, -0.1) is 0 Å². The molecule has 84 valence electrons. The van der Waals surface area contributed by atoms with Gasteiger partial charge in [0.05, 0.1) is 23.6 Å². The van der Waals surface area contributed by atoms with Gasteiger partial charge in [-0.25, -0.2) is 0 Å². The fourth-order valence-corrected chi connectivity index (χ4v) is 1.67. The van der Waals surface area contributed by atoms with Gasteiger partial charge < -0.3 is 9.73 Å². The van der Waals surface area contributed by atoms with Gasteiger partial charge in [-0.05, 0) is 24.3 Å². The second kappa shape index (κ2) is 4.25. The summed E-state index contributed by atoms with van der Waals surface area (Å²) in [6.45, 7) is 0.738. The molecule has 0 amide bonds. The highest BCUT2D eigenvalue weighted by molar-refractivity contribution is 5.78. The highest BCUT2D eigenvalue weighted by Crippen LogP contribution is 2.15. The summed E-state index contributed by atoms with van der Waals surface area (Å²) in [6, 6.07) is 7.88. The van der Waals surface area contributed by atoms with E-state index >= 15 is 0 Å². The van der Waals surface area contributed by atoms with Crippen molar-refractivity contribution in [1.29, 1.82) is 0 Å². The number of furan rings is 1. The zero-order valence-corrected chi connectivity index (χ0v) is 9.13. The first-order valence-electron chi connectivity index (χ1n) is 5.37. The molecular weight excluding hydrogens is 214 g/mol. The normalized spacial score (nSPS) is 10.6. The quantitative estimate of drug-likeness (QED) is 0.744. The number of nitrogens with one attached hydrogen (secondary N) is 1. The summed E-state index contributed by atoms with van der Waals surface area (Å²) in [4.78, 5) is 8.49. The van der Waals surface area contributed by atoms with Crippen LogP contribution in [0.25, 0.3) is 11.0 Å². The Hall–Kier alpha value is -2.36. The number of benzene rings is 1. The van der Waals surface area contributed by atoms with E-state index in [4.69, 9.17) is 4.42 Å². The Kier molecular flexibility index (Phi) is 2.46. The molecule has 0 atom stereocenters. The van der Waals surface area contributed by atoms with Crippen LogP contribution in [0.15, 0.2) is 53.6 Å². The molecule has 0 fully saturated rings. The maximum absolute atomic E-state index is 5.01. The Balaban J connectivity index is 1.81. The number of anilines is 1. The van der Waals surface area contributed by atoms with E-state index < -0.39 is 0 Å². The summed E-state index contributed by atoms with van der Waals surface area (Å²) in [5.41, 5.74) is 3.94. The topological polar surface area (TPSA) is 51.0 Å². The zero-order valence-electron chi connectivity index (χ0n) is 9.13. The van der Waals surface area contributed by atoms with E-state index in [2.05, 4.69) is 15.3 Å². The lowest BCUT2D eigenvalue weighted by Gasteiger charge is -2.05.